The summed E-state index contributed by atoms with van der Waals surface area (Å²) in [5, 5.41) is 16.6. The van der Waals surface area contributed by atoms with Crippen molar-refractivity contribution in [3.63, 3.8) is 0 Å². The van der Waals surface area contributed by atoms with Crippen LogP contribution in [0.4, 0.5) is 0 Å². The first kappa shape index (κ1) is 18.3. The molecule has 0 aliphatic carbocycles. The van der Waals surface area contributed by atoms with Crippen LogP contribution in [-0.2, 0) is 14.0 Å². The molecule has 0 fully saturated rings. The van der Waals surface area contributed by atoms with E-state index in [1.54, 1.807) is 0 Å². The lowest BCUT2D eigenvalue weighted by Crippen LogP contribution is -2.17. The molecule has 1 aromatic carbocycles. The summed E-state index contributed by atoms with van der Waals surface area (Å²) in [6.45, 7) is -1.45. The topological polar surface area (TPSA) is 151 Å². The van der Waals surface area contributed by atoms with E-state index in [0.717, 1.165) is 18.2 Å². The van der Waals surface area contributed by atoms with Gasteiger partial charge in [0.1, 0.15) is 13.2 Å². The van der Waals surface area contributed by atoms with Crippen LogP contribution in [0.25, 0.3) is 0 Å². The molecule has 4 N–H and O–H groups in total. The Bertz CT molecular complexity index is 554. The van der Waals surface area contributed by atoms with Gasteiger partial charge in [-0.25, -0.2) is 9.59 Å². The van der Waals surface area contributed by atoms with Gasteiger partial charge in [-0.15, -0.1) is 0 Å². The molecule has 0 amide bonds. The monoisotopic (exact) mass is 334 g/mol. The second kappa shape index (κ2) is 8.02. The molecule has 10 heteroatoms. The maximum atomic E-state index is 11.7. The standard InChI is InChI=1S/C12H15O9P/c13-1-3-20-11(15)8-5-9(12(16)21-4-2-14)7-10(6-8)22(17,18)19/h5-7,13-14H,1-4H2,(H2,17,18,19). The summed E-state index contributed by atoms with van der Waals surface area (Å²) in [5.74, 6) is -1.92. The summed E-state index contributed by atoms with van der Waals surface area (Å²) in [6.07, 6.45) is 0. The van der Waals surface area contributed by atoms with Crippen LogP contribution in [0.3, 0.4) is 0 Å². The van der Waals surface area contributed by atoms with Gasteiger partial charge < -0.3 is 29.5 Å². The van der Waals surface area contributed by atoms with E-state index in [1.807, 2.05) is 0 Å². The first-order valence-electron chi connectivity index (χ1n) is 6.06. The molecule has 0 saturated carbocycles. The summed E-state index contributed by atoms with van der Waals surface area (Å²) in [5.41, 5.74) is -0.546. The highest BCUT2D eigenvalue weighted by molar-refractivity contribution is 7.60. The number of rotatable bonds is 7. The second-order valence-corrected chi connectivity index (χ2v) is 5.64. The minimum atomic E-state index is -4.72. The minimum absolute atomic E-state index is 0.273. The number of hydrogen-bond acceptors (Lipinski definition) is 7. The maximum absolute atomic E-state index is 11.7. The van der Waals surface area contributed by atoms with Crippen molar-refractivity contribution in [3.8, 4) is 0 Å². The van der Waals surface area contributed by atoms with Gasteiger partial charge >= 0.3 is 19.5 Å². The fourth-order valence-corrected chi connectivity index (χ4v) is 2.07. The Balaban J connectivity index is 3.19. The third kappa shape index (κ3) is 5.21. The number of aliphatic hydroxyl groups excluding tert-OH is 2. The molecule has 0 aliphatic rings. The fraction of sp³-hybridized carbons (Fsp3) is 0.333. The van der Waals surface area contributed by atoms with E-state index in [1.165, 1.54) is 0 Å². The van der Waals surface area contributed by atoms with Gasteiger partial charge in [0.05, 0.1) is 29.6 Å². The third-order valence-corrected chi connectivity index (χ3v) is 3.31. The molecule has 0 aromatic heterocycles. The van der Waals surface area contributed by atoms with Crippen molar-refractivity contribution in [1.82, 2.24) is 0 Å². The molecule has 0 unspecified atom stereocenters. The van der Waals surface area contributed by atoms with Crippen molar-refractivity contribution in [3.05, 3.63) is 29.3 Å². The summed E-state index contributed by atoms with van der Waals surface area (Å²) in [4.78, 5) is 41.7. The van der Waals surface area contributed by atoms with Crippen molar-refractivity contribution in [2.24, 2.45) is 0 Å². The Morgan fingerprint density at radius 2 is 1.32 bits per heavy atom. The fourth-order valence-electron chi connectivity index (χ4n) is 1.46. The SMILES string of the molecule is O=C(OCCO)c1cc(C(=O)OCCO)cc(P(=O)(O)O)c1. The highest BCUT2D eigenvalue weighted by atomic mass is 31.2. The van der Waals surface area contributed by atoms with Crippen molar-refractivity contribution < 1.29 is 43.6 Å². The van der Waals surface area contributed by atoms with Gasteiger partial charge in [-0.2, -0.15) is 0 Å². The van der Waals surface area contributed by atoms with Crippen LogP contribution >= 0.6 is 7.60 Å². The number of benzene rings is 1. The summed E-state index contributed by atoms with van der Waals surface area (Å²) in [7, 11) is -4.72. The average Bonchev–Trinajstić information content (AvgIpc) is 2.48. The smallest absolute Gasteiger partial charge is 0.356 e. The van der Waals surface area contributed by atoms with E-state index >= 15 is 0 Å². The molecule has 0 heterocycles. The molecule has 0 aliphatic heterocycles. The van der Waals surface area contributed by atoms with E-state index in [0.29, 0.717) is 0 Å². The Hall–Kier alpha value is -1.77. The van der Waals surface area contributed by atoms with E-state index in [-0.39, 0.29) is 24.3 Å². The molecular weight excluding hydrogens is 319 g/mol. The first-order chi connectivity index (χ1) is 10.3. The van der Waals surface area contributed by atoms with Gasteiger partial charge in [-0.05, 0) is 18.2 Å². The lowest BCUT2D eigenvalue weighted by molar-refractivity contribution is 0.0430. The average molecular weight is 334 g/mol. The molecule has 1 rings (SSSR count). The van der Waals surface area contributed by atoms with Gasteiger partial charge in [0.15, 0.2) is 0 Å². The molecule has 22 heavy (non-hydrogen) atoms. The molecule has 1 aromatic rings. The van der Waals surface area contributed by atoms with Crippen LogP contribution in [0.1, 0.15) is 20.7 Å². The molecule has 0 radical (unpaired) electrons. The van der Waals surface area contributed by atoms with E-state index in [9.17, 15) is 23.9 Å². The van der Waals surface area contributed by atoms with Crippen LogP contribution < -0.4 is 5.30 Å². The second-order valence-electron chi connectivity index (χ2n) is 4.03. The lowest BCUT2D eigenvalue weighted by atomic mass is 10.1. The van der Waals surface area contributed by atoms with Gasteiger partial charge in [-0.1, -0.05) is 0 Å². The largest absolute Gasteiger partial charge is 0.460 e. The Labute approximate surface area is 125 Å². The number of carbonyl (C=O) groups is 2. The van der Waals surface area contributed by atoms with Crippen molar-refractivity contribution in [1.29, 1.82) is 0 Å². The third-order valence-electron chi connectivity index (χ3n) is 2.37. The van der Waals surface area contributed by atoms with Gasteiger partial charge in [0, 0.05) is 0 Å². The van der Waals surface area contributed by atoms with E-state index in [2.05, 4.69) is 9.47 Å². The van der Waals surface area contributed by atoms with Crippen LogP contribution in [0.2, 0.25) is 0 Å². The van der Waals surface area contributed by atoms with Crippen molar-refractivity contribution in [2.75, 3.05) is 26.4 Å². The highest BCUT2D eigenvalue weighted by Gasteiger charge is 2.23. The summed E-state index contributed by atoms with van der Waals surface area (Å²) < 4.78 is 20.6. The molecule has 0 bridgehead atoms. The summed E-state index contributed by atoms with van der Waals surface area (Å²) >= 11 is 0. The van der Waals surface area contributed by atoms with Gasteiger partial charge in [0.2, 0.25) is 0 Å². The van der Waals surface area contributed by atoms with E-state index < -0.39 is 38.1 Å². The van der Waals surface area contributed by atoms with E-state index in [4.69, 9.17) is 10.2 Å². The number of ether oxygens (including phenoxy) is 2. The van der Waals surface area contributed by atoms with Crippen molar-refractivity contribution >= 4 is 24.8 Å². The quantitative estimate of drug-likeness (QED) is 0.355. The first-order valence-corrected chi connectivity index (χ1v) is 7.68. The Morgan fingerprint density at radius 3 is 1.64 bits per heavy atom. The Kier molecular flexibility index (Phi) is 6.66. The number of aliphatic hydroxyl groups is 2. The molecule has 122 valence electrons. The highest BCUT2D eigenvalue weighted by Crippen LogP contribution is 2.34. The maximum Gasteiger partial charge on any atom is 0.356 e. The van der Waals surface area contributed by atoms with Crippen LogP contribution in [0, 0.1) is 0 Å². The zero-order chi connectivity index (χ0) is 16.8. The molecular formula is C12H15O9P. The molecule has 9 nitrogen and oxygen atoms in total. The van der Waals surface area contributed by atoms with Crippen molar-refractivity contribution in [2.45, 2.75) is 0 Å². The lowest BCUT2D eigenvalue weighted by Gasteiger charge is -2.10. The molecule has 0 atom stereocenters. The Morgan fingerprint density at radius 1 is 0.909 bits per heavy atom. The van der Waals surface area contributed by atoms with Crippen LogP contribution in [0.5, 0.6) is 0 Å². The number of hydrogen-bond donors (Lipinski definition) is 4. The number of carbonyl (C=O) groups excluding carboxylic acids is 2. The van der Waals surface area contributed by atoms with Crippen LogP contribution in [-0.4, -0.2) is 58.4 Å². The zero-order valence-corrected chi connectivity index (χ0v) is 12.2. The van der Waals surface area contributed by atoms with Gasteiger partial charge in [0.25, 0.3) is 0 Å². The minimum Gasteiger partial charge on any atom is -0.460 e. The van der Waals surface area contributed by atoms with Crippen LogP contribution in [0.15, 0.2) is 18.2 Å². The normalized spacial score (nSPS) is 11.1. The predicted molar refractivity (Wildman–Crippen MR) is 72.9 cm³/mol. The summed E-state index contributed by atoms with van der Waals surface area (Å²) in [6, 6.07) is 2.82. The predicted octanol–water partition coefficient (Wildman–Crippen LogP) is -1.21. The molecule has 0 saturated heterocycles. The van der Waals surface area contributed by atoms with Gasteiger partial charge in [-0.3, -0.25) is 4.57 Å². The zero-order valence-electron chi connectivity index (χ0n) is 11.3. The number of esters is 2. The molecule has 0 spiro atoms.